The van der Waals surface area contributed by atoms with Crippen LogP contribution in [0.2, 0.25) is 0 Å². The number of carbonyl (C=O) groups is 1. The van der Waals surface area contributed by atoms with Crippen LogP contribution in [0.4, 0.5) is 4.39 Å². The molecule has 164 valence electrons. The van der Waals surface area contributed by atoms with Gasteiger partial charge in [-0.3, -0.25) is 4.98 Å². The van der Waals surface area contributed by atoms with Crippen molar-refractivity contribution in [3.05, 3.63) is 58.9 Å². The smallest absolute Gasteiger partial charge is 0.337 e. The predicted octanol–water partition coefficient (Wildman–Crippen LogP) is 2.75. The van der Waals surface area contributed by atoms with Gasteiger partial charge in [-0.15, -0.1) is 0 Å². The van der Waals surface area contributed by atoms with Gasteiger partial charge in [-0.05, 0) is 62.1 Å². The summed E-state index contributed by atoms with van der Waals surface area (Å²) in [6.07, 6.45) is 6.47. The Morgan fingerprint density at radius 1 is 1.22 bits per heavy atom. The van der Waals surface area contributed by atoms with Crippen molar-refractivity contribution in [1.29, 1.82) is 0 Å². The number of nitrogens with two attached hydrogens (primary N) is 1. The van der Waals surface area contributed by atoms with Gasteiger partial charge >= 0.3 is 5.97 Å². The summed E-state index contributed by atoms with van der Waals surface area (Å²) in [7, 11) is 2.04. The number of hydrogen-bond acceptors (Lipinski definition) is 5. The number of likely N-dealkylation sites (N-methyl/N-ethyl adjacent to an activating group) is 1. The van der Waals surface area contributed by atoms with E-state index in [0.29, 0.717) is 23.2 Å². The second-order valence-electron chi connectivity index (χ2n) is 9.54. The van der Waals surface area contributed by atoms with Gasteiger partial charge in [0.2, 0.25) is 5.95 Å². The summed E-state index contributed by atoms with van der Waals surface area (Å²) < 4.78 is 13.3. The molecule has 8 heteroatoms. The predicted molar refractivity (Wildman–Crippen MR) is 117 cm³/mol. The first-order valence-electron chi connectivity index (χ1n) is 10.9. The van der Waals surface area contributed by atoms with E-state index < -0.39 is 11.9 Å². The molecule has 0 atom stereocenters. The fourth-order valence-electron chi connectivity index (χ4n) is 5.68. The van der Waals surface area contributed by atoms with E-state index in [-0.39, 0.29) is 11.0 Å². The third kappa shape index (κ3) is 2.63. The molecule has 4 N–H and O–H groups in total. The zero-order valence-electron chi connectivity index (χ0n) is 17.8. The standard InChI is InChI=1S/C24H24FN5O2/c1-30-11-23(12-30,24(26)6-7-24)21-19(22(31)32)15-4-2-13-9-27-17(8-16(13)20(15)29-21)14-3-5-18(25)28-10-14/h3,5,8-10,29H,2,4,6-7,11-12,26H2,1H3,(H,31,32). The van der Waals surface area contributed by atoms with Crippen molar-refractivity contribution < 1.29 is 14.3 Å². The maximum absolute atomic E-state index is 13.3. The molecule has 0 radical (unpaired) electrons. The van der Waals surface area contributed by atoms with Gasteiger partial charge in [0.1, 0.15) is 0 Å². The number of nitrogens with zero attached hydrogens (tertiary/aromatic N) is 3. The number of hydrogen-bond donors (Lipinski definition) is 3. The number of halogens is 1. The number of aromatic amines is 1. The summed E-state index contributed by atoms with van der Waals surface area (Å²) in [5.74, 6) is -1.45. The molecule has 0 unspecified atom stereocenters. The lowest BCUT2D eigenvalue weighted by molar-refractivity contribution is 0.0541. The molecule has 7 nitrogen and oxygen atoms in total. The van der Waals surface area contributed by atoms with Crippen LogP contribution in [-0.2, 0) is 18.3 Å². The highest BCUT2D eigenvalue weighted by Crippen LogP contribution is 2.55. The molecule has 1 saturated heterocycles. The Morgan fingerprint density at radius 3 is 2.62 bits per heavy atom. The molecule has 2 fully saturated rings. The molecule has 0 amide bonds. The number of carboxylic acids is 1. The number of fused-ring (bicyclic) bond motifs is 3. The lowest BCUT2D eigenvalue weighted by Gasteiger charge is -2.52. The number of pyridine rings is 2. The highest BCUT2D eigenvalue weighted by molar-refractivity contribution is 5.95. The summed E-state index contributed by atoms with van der Waals surface area (Å²) >= 11 is 0. The van der Waals surface area contributed by atoms with E-state index in [0.717, 1.165) is 60.4 Å². The Bertz CT molecular complexity index is 1260. The zero-order valence-corrected chi connectivity index (χ0v) is 17.8. The molecule has 0 bridgehead atoms. The van der Waals surface area contributed by atoms with Gasteiger partial charge in [-0.25, -0.2) is 9.78 Å². The van der Waals surface area contributed by atoms with Crippen molar-refractivity contribution in [3.63, 3.8) is 0 Å². The van der Waals surface area contributed by atoms with E-state index >= 15 is 0 Å². The minimum Gasteiger partial charge on any atom is -0.478 e. The average molecular weight is 433 g/mol. The third-order valence-corrected chi connectivity index (χ3v) is 7.54. The number of rotatable bonds is 4. The fraction of sp³-hybridized carbons (Fsp3) is 0.375. The topological polar surface area (TPSA) is 108 Å². The minimum absolute atomic E-state index is 0.358. The second-order valence-corrected chi connectivity index (χ2v) is 9.54. The largest absolute Gasteiger partial charge is 0.478 e. The van der Waals surface area contributed by atoms with Crippen LogP contribution in [0.1, 0.15) is 40.0 Å². The van der Waals surface area contributed by atoms with Gasteiger partial charge in [-0.2, -0.15) is 4.39 Å². The van der Waals surface area contributed by atoms with Crippen molar-refractivity contribution in [1.82, 2.24) is 19.9 Å². The van der Waals surface area contributed by atoms with Gasteiger partial charge in [-0.1, -0.05) is 0 Å². The molecule has 2 aliphatic carbocycles. The molecule has 1 aliphatic heterocycles. The maximum Gasteiger partial charge on any atom is 0.337 e. The van der Waals surface area contributed by atoms with E-state index in [9.17, 15) is 14.3 Å². The quantitative estimate of drug-likeness (QED) is 0.546. The molecule has 4 heterocycles. The lowest BCUT2D eigenvalue weighted by atomic mass is 9.68. The zero-order chi connectivity index (χ0) is 22.3. The summed E-state index contributed by atoms with van der Waals surface area (Å²) in [6, 6.07) is 4.90. The van der Waals surface area contributed by atoms with Crippen molar-refractivity contribution in [2.45, 2.75) is 36.6 Å². The first-order valence-corrected chi connectivity index (χ1v) is 10.9. The van der Waals surface area contributed by atoms with E-state index in [2.05, 4.69) is 19.9 Å². The van der Waals surface area contributed by atoms with Gasteiger partial charge < -0.3 is 20.7 Å². The fourth-order valence-corrected chi connectivity index (χ4v) is 5.68. The summed E-state index contributed by atoms with van der Waals surface area (Å²) in [5.41, 5.74) is 12.2. The van der Waals surface area contributed by atoms with Crippen LogP contribution < -0.4 is 5.73 Å². The van der Waals surface area contributed by atoms with Gasteiger partial charge in [0.05, 0.1) is 22.4 Å². The number of H-pyrrole nitrogens is 1. The third-order valence-electron chi connectivity index (χ3n) is 7.54. The van der Waals surface area contributed by atoms with Crippen molar-refractivity contribution in [2.75, 3.05) is 20.1 Å². The number of aromatic nitrogens is 3. The first-order chi connectivity index (χ1) is 15.3. The lowest BCUT2D eigenvalue weighted by Crippen LogP contribution is -2.68. The Balaban J connectivity index is 1.53. The Labute approximate surface area is 184 Å². The van der Waals surface area contributed by atoms with Crippen LogP contribution in [0.5, 0.6) is 0 Å². The summed E-state index contributed by atoms with van der Waals surface area (Å²) in [4.78, 5) is 26.5. The Hall–Kier alpha value is -3.10. The van der Waals surface area contributed by atoms with E-state index in [1.54, 1.807) is 6.07 Å². The van der Waals surface area contributed by atoms with Crippen LogP contribution >= 0.6 is 0 Å². The number of nitrogens with one attached hydrogen (secondary N) is 1. The van der Waals surface area contributed by atoms with E-state index in [4.69, 9.17) is 5.73 Å². The highest BCUT2D eigenvalue weighted by atomic mass is 19.1. The van der Waals surface area contributed by atoms with E-state index in [1.807, 2.05) is 19.3 Å². The molecule has 3 aliphatic rings. The minimum atomic E-state index is -0.906. The normalized spacial score (nSPS) is 20.2. The molecule has 3 aromatic rings. The average Bonchev–Trinajstić information content (AvgIpc) is 3.37. The monoisotopic (exact) mass is 433 g/mol. The molecule has 3 aromatic heterocycles. The molecule has 1 saturated carbocycles. The Kier molecular flexibility index (Phi) is 3.95. The number of aryl methyl sites for hydroxylation is 1. The van der Waals surface area contributed by atoms with Crippen molar-refractivity contribution in [3.8, 4) is 22.5 Å². The summed E-state index contributed by atoms with van der Waals surface area (Å²) in [6.45, 7) is 1.50. The van der Waals surface area contributed by atoms with Crippen molar-refractivity contribution >= 4 is 5.97 Å². The van der Waals surface area contributed by atoms with Gasteiger partial charge in [0, 0.05) is 47.8 Å². The maximum atomic E-state index is 13.3. The number of carboxylic acid groups (broad SMARTS) is 1. The molecule has 0 spiro atoms. The molecular weight excluding hydrogens is 409 g/mol. The molecule has 0 aromatic carbocycles. The SMILES string of the molecule is CN1CC(c2[nH]c3c(c2C(=O)O)CCc2cnc(-c4ccc(F)nc4)cc2-3)(C2(N)CC2)C1. The molecule has 6 rings (SSSR count). The summed E-state index contributed by atoms with van der Waals surface area (Å²) in [5, 5.41) is 10.2. The first kappa shape index (κ1) is 19.6. The van der Waals surface area contributed by atoms with Gasteiger partial charge in [0.15, 0.2) is 0 Å². The van der Waals surface area contributed by atoms with Crippen LogP contribution in [0.15, 0.2) is 30.6 Å². The van der Waals surface area contributed by atoms with Crippen LogP contribution in [0.25, 0.3) is 22.5 Å². The second kappa shape index (κ2) is 6.46. The van der Waals surface area contributed by atoms with E-state index in [1.165, 1.54) is 12.3 Å². The Morgan fingerprint density at radius 2 is 2.00 bits per heavy atom. The van der Waals surface area contributed by atoms with Crippen LogP contribution in [0, 0.1) is 5.95 Å². The number of likely N-dealkylation sites (tertiary alicyclic amines) is 1. The van der Waals surface area contributed by atoms with Crippen molar-refractivity contribution in [2.24, 2.45) is 5.73 Å². The van der Waals surface area contributed by atoms with Crippen LogP contribution in [0.3, 0.4) is 0 Å². The van der Waals surface area contributed by atoms with Crippen LogP contribution in [-0.4, -0.2) is 56.6 Å². The molecule has 32 heavy (non-hydrogen) atoms. The molecular formula is C24H24FN5O2. The van der Waals surface area contributed by atoms with Gasteiger partial charge in [0.25, 0.3) is 0 Å². The highest BCUT2D eigenvalue weighted by Gasteiger charge is 2.64. The number of aromatic carboxylic acids is 1.